The number of hydrogen-bond donors (Lipinski definition) is 1. The summed E-state index contributed by atoms with van der Waals surface area (Å²) in [6.45, 7) is 2.60. The van der Waals surface area contributed by atoms with Gasteiger partial charge in [-0.25, -0.2) is 0 Å². The van der Waals surface area contributed by atoms with Crippen LogP contribution in [0.15, 0.2) is 30.6 Å². The molecule has 1 heterocycles. The first kappa shape index (κ1) is 14.2. The molecule has 0 aliphatic carbocycles. The number of benzene rings is 1. The number of rotatable bonds is 4. The third kappa shape index (κ3) is 3.87. The van der Waals surface area contributed by atoms with Crippen molar-refractivity contribution in [3.05, 3.63) is 47.3 Å². The maximum absolute atomic E-state index is 8.71. The van der Waals surface area contributed by atoms with E-state index in [2.05, 4.69) is 16.9 Å². The van der Waals surface area contributed by atoms with Gasteiger partial charge in [0.05, 0.1) is 12.8 Å². The lowest BCUT2D eigenvalue weighted by atomic mass is 10.1. The van der Waals surface area contributed by atoms with Crippen molar-refractivity contribution in [1.29, 1.82) is 0 Å². The standard InChI is InChI=1S/C16H18N2O2/c1-13-9-16(7-6-15(13)5-3-4-8-19)20-12-14-10-17-18(2)11-14/h6-7,9-11,19H,4,8,12H2,1-2H3. The Balaban J connectivity index is 2.00. The summed E-state index contributed by atoms with van der Waals surface area (Å²) in [5.74, 6) is 6.78. The Hall–Kier alpha value is -2.25. The van der Waals surface area contributed by atoms with Crippen molar-refractivity contribution in [2.24, 2.45) is 7.05 Å². The number of aliphatic hydroxyl groups is 1. The SMILES string of the molecule is Cc1cc(OCc2cnn(C)c2)ccc1C#CCCO. The highest BCUT2D eigenvalue weighted by atomic mass is 16.5. The Labute approximate surface area is 119 Å². The van der Waals surface area contributed by atoms with E-state index >= 15 is 0 Å². The molecule has 1 N–H and O–H groups in total. The molecule has 4 nitrogen and oxygen atoms in total. The first-order valence-corrected chi connectivity index (χ1v) is 6.50. The molecule has 0 saturated carbocycles. The van der Waals surface area contributed by atoms with Gasteiger partial charge in [-0.2, -0.15) is 5.10 Å². The monoisotopic (exact) mass is 270 g/mol. The van der Waals surface area contributed by atoms with Gasteiger partial charge in [0.15, 0.2) is 0 Å². The molecule has 0 bridgehead atoms. The van der Waals surface area contributed by atoms with Crippen LogP contribution in [0.25, 0.3) is 0 Å². The molecule has 2 rings (SSSR count). The van der Waals surface area contributed by atoms with E-state index in [-0.39, 0.29) is 6.61 Å². The van der Waals surface area contributed by atoms with Crippen molar-refractivity contribution in [1.82, 2.24) is 9.78 Å². The molecule has 0 saturated heterocycles. The highest BCUT2D eigenvalue weighted by Crippen LogP contribution is 2.17. The minimum atomic E-state index is 0.0956. The summed E-state index contributed by atoms with van der Waals surface area (Å²) in [7, 11) is 1.88. The molecule has 2 aromatic rings. The second-order valence-electron chi connectivity index (χ2n) is 4.56. The number of nitrogens with zero attached hydrogens (tertiary/aromatic N) is 2. The van der Waals surface area contributed by atoms with Gasteiger partial charge in [-0.3, -0.25) is 4.68 Å². The second kappa shape index (κ2) is 6.78. The average Bonchev–Trinajstić information content (AvgIpc) is 2.85. The minimum Gasteiger partial charge on any atom is -0.489 e. The Morgan fingerprint density at radius 2 is 2.25 bits per heavy atom. The molecule has 4 heteroatoms. The molecule has 0 fully saturated rings. The smallest absolute Gasteiger partial charge is 0.120 e. The van der Waals surface area contributed by atoms with Crippen LogP contribution in [-0.2, 0) is 13.7 Å². The molecule has 1 aromatic heterocycles. The van der Waals surface area contributed by atoms with Crippen molar-refractivity contribution >= 4 is 0 Å². The number of hydrogen-bond acceptors (Lipinski definition) is 3. The van der Waals surface area contributed by atoms with E-state index in [1.807, 2.05) is 38.4 Å². The maximum atomic E-state index is 8.71. The fourth-order valence-corrected chi connectivity index (χ4v) is 1.79. The zero-order valence-electron chi connectivity index (χ0n) is 11.8. The fourth-order valence-electron chi connectivity index (χ4n) is 1.79. The van der Waals surface area contributed by atoms with Crippen LogP contribution in [0.5, 0.6) is 5.75 Å². The van der Waals surface area contributed by atoms with E-state index in [4.69, 9.17) is 9.84 Å². The van der Waals surface area contributed by atoms with Crippen LogP contribution < -0.4 is 4.74 Å². The lowest BCUT2D eigenvalue weighted by Crippen LogP contribution is -1.95. The second-order valence-corrected chi connectivity index (χ2v) is 4.56. The van der Waals surface area contributed by atoms with Crippen LogP contribution in [0.2, 0.25) is 0 Å². The summed E-state index contributed by atoms with van der Waals surface area (Å²) in [5, 5.41) is 12.8. The summed E-state index contributed by atoms with van der Waals surface area (Å²) in [6.07, 6.45) is 4.22. The number of aromatic nitrogens is 2. The lowest BCUT2D eigenvalue weighted by molar-refractivity contribution is 0.305. The van der Waals surface area contributed by atoms with Crippen LogP contribution in [-0.4, -0.2) is 21.5 Å². The van der Waals surface area contributed by atoms with Crippen molar-refractivity contribution in [3.8, 4) is 17.6 Å². The molecule has 1 aromatic carbocycles. The third-order valence-corrected chi connectivity index (χ3v) is 2.82. The zero-order valence-corrected chi connectivity index (χ0v) is 11.8. The predicted molar refractivity (Wildman–Crippen MR) is 77.3 cm³/mol. The largest absolute Gasteiger partial charge is 0.489 e. The third-order valence-electron chi connectivity index (χ3n) is 2.82. The molecule has 20 heavy (non-hydrogen) atoms. The molecule has 0 aliphatic heterocycles. The molecular formula is C16H18N2O2. The number of aryl methyl sites for hydroxylation is 2. The van der Waals surface area contributed by atoms with Gasteiger partial charge in [-0.05, 0) is 30.7 Å². The molecule has 0 aliphatic rings. The Bertz CT molecular complexity index is 635. The van der Waals surface area contributed by atoms with Crippen molar-refractivity contribution in [2.75, 3.05) is 6.61 Å². The zero-order chi connectivity index (χ0) is 14.4. The van der Waals surface area contributed by atoms with Crippen molar-refractivity contribution < 1.29 is 9.84 Å². The van der Waals surface area contributed by atoms with E-state index in [0.717, 1.165) is 22.4 Å². The quantitative estimate of drug-likeness (QED) is 0.865. The summed E-state index contributed by atoms with van der Waals surface area (Å²) in [5.41, 5.74) is 3.07. The topological polar surface area (TPSA) is 47.3 Å². The average molecular weight is 270 g/mol. The van der Waals surface area contributed by atoms with Gasteiger partial charge in [-0.15, -0.1) is 0 Å². The highest BCUT2D eigenvalue weighted by Gasteiger charge is 2.01. The summed E-state index contributed by atoms with van der Waals surface area (Å²) in [4.78, 5) is 0. The Morgan fingerprint density at radius 3 is 2.90 bits per heavy atom. The van der Waals surface area contributed by atoms with E-state index in [0.29, 0.717) is 13.0 Å². The maximum Gasteiger partial charge on any atom is 0.120 e. The van der Waals surface area contributed by atoms with Crippen molar-refractivity contribution in [2.45, 2.75) is 20.0 Å². The van der Waals surface area contributed by atoms with Crippen LogP contribution in [0, 0.1) is 18.8 Å². The minimum absolute atomic E-state index is 0.0956. The van der Waals surface area contributed by atoms with E-state index in [9.17, 15) is 0 Å². The van der Waals surface area contributed by atoms with Gasteiger partial charge in [0.2, 0.25) is 0 Å². The summed E-state index contributed by atoms with van der Waals surface area (Å²) in [6, 6.07) is 5.82. The van der Waals surface area contributed by atoms with Crippen LogP contribution in [0.3, 0.4) is 0 Å². The number of ether oxygens (including phenoxy) is 1. The Morgan fingerprint density at radius 1 is 1.40 bits per heavy atom. The molecule has 0 unspecified atom stereocenters. The normalized spacial score (nSPS) is 9.95. The first-order valence-electron chi connectivity index (χ1n) is 6.50. The number of aliphatic hydroxyl groups excluding tert-OH is 1. The lowest BCUT2D eigenvalue weighted by Gasteiger charge is -2.06. The highest BCUT2D eigenvalue weighted by molar-refractivity contribution is 5.44. The van der Waals surface area contributed by atoms with Crippen molar-refractivity contribution in [3.63, 3.8) is 0 Å². The van der Waals surface area contributed by atoms with E-state index in [1.54, 1.807) is 10.9 Å². The molecule has 0 amide bonds. The van der Waals surface area contributed by atoms with E-state index in [1.165, 1.54) is 0 Å². The Kier molecular flexibility index (Phi) is 4.80. The van der Waals surface area contributed by atoms with Crippen LogP contribution in [0.1, 0.15) is 23.1 Å². The first-order chi connectivity index (χ1) is 9.69. The fraction of sp³-hybridized carbons (Fsp3) is 0.312. The predicted octanol–water partition coefficient (Wildman–Crippen LogP) is 2.04. The molecule has 0 radical (unpaired) electrons. The van der Waals surface area contributed by atoms with Gasteiger partial charge in [0.25, 0.3) is 0 Å². The molecule has 0 spiro atoms. The summed E-state index contributed by atoms with van der Waals surface area (Å²) >= 11 is 0. The van der Waals surface area contributed by atoms with Gasteiger partial charge in [-0.1, -0.05) is 11.8 Å². The van der Waals surface area contributed by atoms with Gasteiger partial charge in [0, 0.05) is 30.8 Å². The van der Waals surface area contributed by atoms with Gasteiger partial charge in [0.1, 0.15) is 12.4 Å². The van der Waals surface area contributed by atoms with Gasteiger partial charge < -0.3 is 9.84 Å². The molecule has 104 valence electrons. The molecular weight excluding hydrogens is 252 g/mol. The van der Waals surface area contributed by atoms with Gasteiger partial charge >= 0.3 is 0 Å². The van der Waals surface area contributed by atoms with Crippen LogP contribution >= 0.6 is 0 Å². The molecule has 0 atom stereocenters. The summed E-state index contributed by atoms with van der Waals surface area (Å²) < 4.78 is 7.48. The van der Waals surface area contributed by atoms with E-state index < -0.39 is 0 Å². The van der Waals surface area contributed by atoms with Crippen LogP contribution in [0.4, 0.5) is 0 Å².